The van der Waals surface area contributed by atoms with Gasteiger partial charge in [-0.1, -0.05) is 56.6 Å². The zero-order valence-electron chi connectivity index (χ0n) is 14.6. The van der Waals surface area contributed by atoms with E-state index < -0.39 is 0 Å². The van der Waals surface area contributed by atoms with Crippen LogP contribution in [0.25, 0.3) is 0 Å². The van der Waals surface area contributed by atoms with Crippen molar-refractivity contribution in [2.45, 2.75) is 32.7 Å². The molecule has 2 aromatic rings. The van der Waals surface area contributed by atoms with Crippen LogP contribution in [0.3, 0.4) is 0 Å². The monoisotopic (exact) mass is 345 g/mol. The van der Waals surface area contributed by atoms with Crippen LogP contribution >= 0.6 is 11.6 Å². The first-order chi connectivity index (χ1) is 11.3. The van der Waals surface area contributed by atoms with E-state index in [1.807, 2.05) is 11.9 Å². The summed E-state index contributed by atoms with van der Waals surface area (Å²) < 4.78 is 0. The third-order valence-corrected chi connectivity index (χ3v) is 4.02. The molecule has 0 aliphatic carbocycles. The molecule has 0 saturated heterocycles. The van der Waals surface area contributed by atoms with Crippen LogP contribution in [-0.2, 0) is 16.8 Å². The molecule has 0 atom stereocenters. The maximum atomic E-state index is 12.1. The summed E-state index contributed by atoms with van der Waals surface area (Å²) in [7, 11) is 1.92. The number of anilines is 1. The first-order valence-electron chi connectivity index (χ1n) is 7.94. The molecule has 0 aliphatic rings. The standard InChI is InChI=1S/C19H24ClN3O/c1-19(2,3)15-9-7-14(8-10-15)12-23(4)13-17(24)22-16-6-5-11-21-18(16)20/h5-11H,12-13H2,1-4H3,(H,22,24). The van der Waals surface area contributed by atoms with Gasteiger partial charge in [-0.05, 0) is 35.7 Å². The number of carbonyl (C=O) groups is 1. The van der Waals surface area contributed by atoms with Gasteiger partial charge in [0.1, 0.15) is 0 Å². The van der Waals surface area contributed by atoms with Crippen molar-refractivity contribution in [2.75, 3.05) is 18.9 Å². The van der Waals surface area contributed by atoms with Gasteiger partial charge in [0.25, 0.3) is 0 Å². The Morgan fingerprint density at radius 1 is 1.21 bits per heavy atom. The van der Waals surface area contributed by atoms with E-state index in [1.54, 1.807) is 18.3 Å². The van der Waals surface area contributed by atoms with Gasteiger partial charge in [0.05, 0.1) is 12.2 Å². The summed E-state index contributed by atoms with van der Waals surface area (Å²) in [5.74, 6) is -0.112. The Morgan fingerprint density at radius 2 is 1.88 bits per heavy atom. The molecule has 0 saturated carbocycles. The maximum absolute atomic E-state index is 12.1. The highest BCUT2D eigenvalue weighted by atomic mass is 35.5. The number of pyridine rings is 1. The van der Waals surface area contributed by atoms with Crippen LogP contribution in [0.2, 0.25) is 5.15 Å². The Labute approximate surface area is 148 Å². The highest BCUT2D eigenvalue weighted by Gasteiger charge is 2.14. The first-order valence-corrected chi connectivity index (χ1v) is 8.32. The normalized spacial score (nSPS) is 11.6. The number of nitrogens with one attached hydrogen (secondary N) is 1. The lowest BCUT2D eigenvalue weighted by molar-refractivity contribution is -0.117. The summed E-state index contributed by atoms with van der Waals surface area (Å²) in [6, 6.07) is 12.0. The van der Waals surface area contributed by atoms with Crippen molar-refractivity contribution in [1.29, 1.82) is 0 Å². The molecule has 24 heavy (non-hydrogen) atoms. The quantitative estimate of drug-likeness (QED) is 0.830. The van der Waals surface area contributed by atoms with E-state index in [4.69, 9.17) is 11.6 Å². The number of hydrogen-bond donors (Lipinski definition) is 1. The fourth-order valence-corrected chi connectivity index (χ4v) is 2.56. The Morgan fingerprint density at radius 3 is 2.46 bits per heavy atom. The molecule has 0 unspecified atom stereocenters. The maximum Gasteiger partial charge on any atom is 0.238 e. The summed E-state index contributed by atoms with van der Waals surface area (Å²) in [5, 5.41) is 3.08. The summed E-state index contributed by atoms with van der Waals surface area (Å²) in [6.45, 7) is 7.58. The predicted octanol–water partition coefficient (Wildman–Crippen LogP) is 4.10. The number of hydrogen-bond acceptors (Lipinski definition) is 3. The molecule has 2 rings (SSSR count). The van der Waals surface area contributed by atoms with E-state index in [1.165, 1.54) is 11.1 Å². The number of amides is 1. The first kappa shape index (κ1) is 18.4. The average molecular weight is 346 g/mol. The molecule has 128 valence electrons. The van der Waals surface area contributed by atoms with Crippen LogP contribution < -0.4 is 5.32 Å². The zero-order chi connectivity index (χ0) is 17.7. The third-order valence-electron chi connectivity index (χ3n) is 3.72. The fraction of sp³-hybridized carbons (Fsp3) is 0.368. The molecule has 1 amide bonds. The number of halogens is 1. The van der Waals surface area contributed by atoms with Gasteiger partial charge in [0.2, 0.25) is 5.91 Å². The van der Waals surface area contributed by atoms with Crippen molar-refractivity contribution in [1.82, 2.24) is 9.88 Å². The average Bonchev–Trinajstić information content (AvgIpc) is 2.49. The number of nitrogens with zero attached hydrogens (tertiary/aromatic N) is 2. The smallest absolute Gasteiger partial charge is 0.238 e. The van der Waals surface area contributed by atoms with E-state index in [0.717, 1.165) is 0 Å². The van der Waals surface area contributed by atoms with Crippen LogP contribution in [0.1, 0.15) is 31.9 Å². The lowest BCUT2D eigenvalue weighted by Gasteiger charge is -2.20. The molecule has 1 aromatic heterocycles. The summed E-state index contributed by atoms with van der Waals surface area (Å²) >= 11 is 5.95. The van der Waals surface area contributed by atoms with Gasteiger partial charge in [-0.15, -0.1) is 0 Å². The summed E-state index contributed by atoms with van der Waals surface area (Å²) in [4.78, 5) is 18.0. The van der Waals surface area contributed by atoms with Crippen LogP contribution in [0, 0.1) is 0 Å². The van der Waals surface area contributed by atoms with Crippen molar-refractivity contribution < 1.29 is 4.79 Å². The SMILES string of the molecule is CN(CC(=O)Nc1cccnc1Cl)Cc1ccc(C(C)(C)C)cc1. The van der Waals surface area contributed by atoms with Gasteiger partial charge in [0, 0.05) is 12.7 Å². The van der Waals surface area contributed by atoms with Gasteiger partial charge in [0.15, 0.2) is 5.15 Å². The summed E-state index contributed by atoms with van der Waals surface area (Å²) in [5.41, 5.74) is 3.16. The topological polar surface area (TPSA) is 45.2 Å². The Kier molecular flexibility index (Phi) is 5.97. The molecule has 0 spiro atoms. The van der Waals surface area contributed by atoms with E-state index in [-0.39, 0.29) is 17.9 Å². The molecule has 0 aliphatic heterocycles. The minimum Gasteiger partial charge on any atom is -0.322 e. The van der Waals surface area contributed by atoms with E-state index >= 15 is 0 Å². The second-order valence-corrected chi connectivity index (χ2v) is 7.37. The lowest BCUT2D eigenvalue weighted by atomic mass is 9.87. The highest BCUT2D eigenvalue weighted by molar-refractivity contribution is 6.32. The number of benzene rings is 1. The molecule has 0 bridgehead atoms. The van der Waals surface area contributed by atoms with E-state index in [9.17, 15) is 4.79 Å². The van der Waals surface area contributed by atoms with E-state index in [0.29, 0.717) is 17.4 Å². The van der Waals surface area contributed by atoms with Gasteiger partial charge in [-0.3, -0.25) is 9.69 Å². The van der Waals surface area contributed by atoms with Crippen LogP contribution in [0.15, 0.2) is 42.6 Å². The second kappa shape index (κ2) is 7.77. The van der Waals surface area contributed by atoms with Gasteiger partial charge < -0.3 is 5.32 Å². The molecule has 1 heterocycles. The third kappa shape index (κ3) is 5.32. The minimum atomic E-state index is -0.112. The Hall–Kier alpha value is -1.91. The predicted molar refractivity (Wildman–Crippen MR) is 99.4 cm³/mol. The van der Waals surface area contributed by atoms with Crippen molar-refractivity contribution in [2.24, 2.45) is 0 Å². The molecule has 5 heteroatoms. The molecule has 0 fully saturated rings. The van der Waals surface area contributed by atoms with Crippen LogP contribution in [-0.4, -0.2) is 29.4 Å². The largest absolute Gasteiger partial charge is 0.322 e. The second-order valence-electron chi connectivity index (χ2n) is 7.01. The lowest BCUT2D eigenvalue weighted by Crippen LogP contribution is -2.30. The molecule has 0 radical (unpaired) electrons. The summed E-state index contributed by atoms with van der Waals surface area (Å²) in [6.07, 6.45) is 1.59. The molecule has 4 nitrogen and oxygen atoms in total. The molecular weight excluding hydrogens is 322 g/mol. The van der Waals surface area contributed by atoms with Crippen molar-refractivity contribution in [3.8, 4) is 0 Å². The number of likely N-dealkylation sites (N-methyl/N-ethyl adjacent to an activating group) is 1. The number of carbonyl (C=O) groups excluding carboxylic acids is 1. The fourth-order valence-electron chi connectivity index (χ4n) is 2.39. The van der Waals surface area contributed by atoms with Gasteiger partial charge >= 0.3 is 0 Å². The molecule has 1 aromatic carbocycles. The number of rotatable bonds is 5. The van der Waals surface area contributed by atoms with Crippen molar-refractivity contribution in [3.63, 3.8) is 0 Å². The number of aromatic nitrogens is 1. The van der Waals surface area contributed by atoms with Crippen molar-refractivity contribution in [3.05, 3.63) is 58.9 Å². The molecular formula is C19H24ClN3O. The van der Waals surface area contributed by atoms with E-state index in [2.05, 4.69) is 55.3 Å². The Balaban J connectivity index is 1.90. The molecule has 1 N–H and O–H groups in total. The van der Waals surface area contributed by atoms with Crippen LogP contribution in [0.5, 0.6) is 0 Å². The van der Waals surface area contributed by atoms with Crippen molar-refractivity contribution >= 4 is 23.2 Å². The van der Waals surface area contributed by atoms with Gasteiger partial charge in [-0.25, -0.2) is 4.98 Å². The zero-order valence-corrected chi connectivity index (χ0v) is 15.4. The van der Waals surface area contributed by atoms with Gasteiger partial charge in [-0.2, -0.15) is 0 Å². The minimum absolute atomic E-state index is 0.112. The Bertz CT molecular complexity index is 693. The van der Waals surface area contributed by atoms with Crippen LogP contribution in [0.4, 0.5) is 5.69 Å². The highest BCUT2D eigenvalue weighted by Crippen LogP contribution is 2.22.